The van der Waals surface area contributed by atoms with Gasteiger partial charge >= 0.3 is 0 Å². The summed E-state index contributed by atoms with van der Waals surface area (Å²) >= 11 is 5.81. The van der Waals surface area contributed by atoms with Crippen LogP contribution in [0.2, 0.25) is 5.02 Å². The van der Waals surface area contributed by atoms with Crippen LogP contribution in [-0.2, 0) is 6.42 Å². The van der Waals surface area contributed by atoms with Crippen LogP contribution in [-0.4, -0.2) is 15.2 Å². The van der Waals surface area contributed by atoms with Crippen molar-refractivity contribution in [3.63, 3.8) is 0 Å². The number of phenols is 1. The van der Waals surface area contributed by atoms with E-state index in [-0.39, 0.29) is 11.6 Å². The molecule has 0 spiro atoms. The zero-order chi connectivity index (χ0) is 14.8. The monoisotopic (exact) mass is 300 g/mol. The molecule has 0 aliphatic heterocycles. The summed E-state index contributed by atoms with van der Waals surface area (Å²) in [5.41, 5.74) is 2.80. The van der Waals surface area contributed by atoms with Crippen LogP contribution in [0.4, 0.5) is 0 Å². The Morgan fingerprint density at radius 1 is 1.19 bits per heavy atom. The van der Waals surface area contributed by atoms with Gasteiger partial charge in [0.2, 0.25) is 0 Å². The van der Waals surface area contributed by atoms with Crippen molar-refractivity contribution in [3.05, 3.63) is 64.4 Å². The number of phenolic OH excluding ortho intramolecular Hbond substituents is 1. The topological polar surface area (TPSA) is 59.2 Å². The Balaban J connectivity index is 1.88. The van der Waals surface area contributed by atoms with E-state index in [4.69, 9.17) is 16.1 Å². The minimum atomic E-state index is 0.0218. The Bertz CT molecular complexity index is 783. The predicted octanol–water partition coefficient (Wildman–Crippen LogP) is 3.99. The van der Waals surface area contributed by atoms with Crippen molar-refractivity contribution in [2.75, 3.05) is 0 Å². The molecule has 1 heterocycles. The number of aromatic hydroxyl groups is 1. The van der Waals surface area contributed by atoms with Gasteiger partial charge < -0.3 is 9.63 Å². The molecule has 0 saturated heterocycles. The molecule has 4 nitrogen and oxygen atoms in total. The maximum absolute atomic E-state index is 9.88. The van der Waals surface area contributed by atoms with Crippen LogP contribution in [0.1, 0.15) is 17.0 Å². The van der Waals surface area contributed by atoms with Crippen LogP contribution < -0.4 is 0 Å². The number of rotatable bonds is 3. The van der Waals surface area contributed by atoms with E-state index >= 15 is 0 Å². The van der Waals surface area contributed by atoms with Crippen LogP contribution in [0.3, 0.4) is 0 Å². The smallest absolute Gasteiger partial charge is 0.261 e. The molecular weight excluding hydrogens is 288 g/mol. The van der Waals surface area contributed by atoms with Gasteiger partial charge in [-0.3, -0.25) is 0 Å². The van der Waals surface area contributed by atoms with Gasteiger partial charge in [0.1, 0.15) is 5.75 Å². The molecule has 0 fully saturated rings. The Morgan fingerprint density at radius 2 is 2.00 bits per heavy atom. The van der Waals surface area contributed by atoms with Crippen molar-refractivity contribution in [3.8, 4) is 17.2 Å². The Labute approximate surface area is 127 Å². The average molecular weight is 301 g/mol. The van der Waals surface area contributed by atoms with E-state index in [2.05, 4.69) is 10.1 Å². The minimum Gasteiger partial charge on any atom is -0.507 e. The van der Waals surface area contributed by atoms with Crippen LogP contribution in [0.15, 0.2) is 47.0 Å². The molecule has 2 aromatic carbocycles. The van der Waals surface area contributed by atoms with E-state index in [9.17, 15) is 5.11 Å². The normalized spacial score (nSPS) is 10.8. The molecule has 106 valence electrons. The highest BCUT2D eigenvalue weighted by molar-refractivity contribution is 6.30. The molecule has 3 rings (SSSR count). The molecule has 3 aromatic rings. The first-order valence-electron chi connectivity index (χ1n) is 6.49. The molecule has 0 aliphatic rings. The Kier molecular flexibility index (Phi) is 3.62. The zero-order valence-electron chi connectivity index (χ0n) is 11.4. The van der Waals surface area contributed by atoms with Crippen molar-refractivity contribution in [2.45, 2.75) is 13.3 Å². The number of aryl methyl sites for hydroxylation is 1. The highest BCUT2D eigenvalue weighted by atomic mass is 35.5. The largest absolute Gasteiger partial charge is 0.507 e. The number of benzene rings is 2. The molecule has 21 heavy (non-hydrogen) atoms. The fraction of sp³-hybridized carbons (Fsp3) is 0.125. The van der Waals surface area contributed by atoms with E-state index < -0.39 is 0 Å². The lowest BCUT2D eigenvalue weighted by molar-refractivity contribution is 0.418. The third-order valence-electron chi connectivity index (χ3n) is 3.27. The first-order chi connectivity index (χ1) is 10.1. The molecule has 0 atom stereocenters. The van der Waals surface area contributed by atoms with Gasteiger partial charge in [-0.2, -0.15) is 4.98 Å². The van der Waals surface area contributed by atoms with E-state index in [0.717, 1.165) is 5.56 Å². The van der Waals surface area contributed by atoms with E-state index in [0.29, 0.717) is 22.8 Å². The first-order valence-corrected chi connectivity index (χ1v) is 6.87. The Morgan fingerprint density at radius 3 is 2.76 bits per heavy atom. The summed E-state index contributed by atoms with van der Waals surface area (Å²) in [7, 11) is 0. The van der Waals surface area contributed by atoms with Gasteiger partial charge in [0.05, 0.1) is 5.56 Å². The maximum atomic E-state index is 9.88. The Hall–Kier alpha value is -2.33. The van der Waals surface area contributed by atoms with Crippen LogP contribution in [0.25, 0.3) is 11.5 Å². The predicted molar refractivity (Wildman–Crippen MR) is 80.4 cm³/mol. The zero-order valence-corrected chi connectivity index (χ0v) is 12.1. The quantitative estimate of drug-likeness (QED) is 0.794. The SMILES string of the molecule is Cc1ccccc1Cc1noc(-c2ccc(Cl)cc2O)n1. The number of halogens is 1. The average Bonchev–Trinajstić information content (AvgIpc) is 2.90. The fourth-order valence-electron chi connectivity index (χ4n) is 2.10. The maximum Gasteiger partial charge on any atom is 0.261 e. The molecule has 0 amide bonds. The van der Waals surface area contributed by atoms with Gasteiger partial charge in [0.25, 0.3) is 5.89 Å². The summed E-state index contributed by atoms with van der Waals surface area (Å²) in [5, 5.41) is 14.3. The van der Waals surface area contributed by atoms with Gasteiger partial charge in [0, 0.05) is 11.4 Å². The van der Waals surface area contributed by atoms with Gasteiger partial charge in [-0.05, 0) is 36.2 Å². The number of hydrogen-bond acceptors (Lipinski definition) is 4. The van der Waals surface area contributed by atoms with Gasteiger partial charge in [-0.25, -0.2) is 0 Å². The summed E-state index contributed by atoms with van der Waals surface area (Å²) in [6.07, 6.45) is 0.588. The second-order valence-corrected chi connectivity index (χ2v) is 5.22. The lowest BCUT2D eigenvalue weighted by atomic mass is 10.1. The minimum absolute atomic E-state index is 0.0218. The van der Waals surface area contributed by atoms with Crippen molar-refractivity contribution in [1.29, 1.82) is 0 Å². The fourth-order valence-corrected chi connectivity index (χ4v) is 2.27. The lowest BCUT2D eigenvalue weighted by Gasteiger charge is -2.01. The molecule has 0 radical (unpaired) electrons. The van der Waals surface area contributed by atoms with Crippen molar-refractivity contribution < 1.29 is 9.63 Å². The second-order valence-electron chi connectivity index (χ2n) is 4.78. The summed E-state index contributed by atoms with van der Waals surface area (Å²) in [5.74, 6) is 0.884. The highest BCUT2D eigenvalue weighted by Gasteiger charge is 2.13. The van der Waals surface area contributed by atoms with Crippen molar-refractivity contribution >= 4 is 11.6 Å². The standard InChI is InChI=1S/C16H13ClN2O2/c1-10-4-2-3-5-11(10)8-15-18-16(21-19-15)13-7-6-12(17)9-14(13)20/h2-7,9,20H,8H2,1H3. The van der Waals surface area contributed by atoms with Crippen LogP contribution in [0, 0.1) is 6.92 Å². The molecular formula is C16H13ClN2O2. The van der Waals surface area contributed by atoms with Gasteiger partial charge in [-0.15, -0.1) is 0 Å². The summed E-state index contributed by atoms with van der Waals surface area (Å²) < 4.78 is 5.22. The summed E-state index contributed by atoms with van der Waals surface area (Å²) in [4.78, 5) is 4.33. The molecule has 0 aliphatic carbocycles. The third kappa shape index (κ3) is 2.90. The molecule has 0 saturated carbocycles. The molecule has 1 N–H and O–H groups in total. The number of aromatic nitrogens is 2. The van der Waals surface area contributed by atoms with E-state index in [1.165, 1.54) is 11.6 Å². The lowest BCUT2D eigenvalue weighted by Crippen LogP contribution is -1.93. The first kappa shape index (κ1) is 13.6. The molecule has 5 heteroatoms. The highest BCUT2D eigenvalue weighted by Crippen LogP contribution is 2.30. The number of hydrogen-bond donors (Lipinski definition) is 1. The number of nitrogens with zero attached hydrogens (tertiary/aromatic N) is 2. The molecule has 0 bridgehead atoms. The molecule has 1 aromatic heterocycles. The van der Waals surface area contributed by atoms with Crippen molar-refractivity contribution in [1.82, 2.24) is 10.1 Å². The van der Waals surface area contributed by atoms with E-state index in [1.807, 2.05) is 31.2 Å². The van der Waals surface area contributed by atoms with Gasteiger partial charge in [-0.1, -0.05) is 41.0 Å². The van der Waals surface area contributed by atoms with Gasteiger partial charge in [0.15, 0.2) is 5.82 Å². The van der Waals surface area contributed by atoms with Crippen LogP contribution in [0.5, 0.6) is 5.75 Å². The third-order valence-corrected chi connectivity index (χ3v) is 3.50. The summed E-state index contributed by atoms with van der Waals surface area (Å²) in [6, 6.07) is 12.8. The summed E-state index contributed by atoms with van der Waals surface area (Å²) in [6.45, 7) is 2.04. The second kappa shape index (κ2) is 5.58. The van der Waals surface area contributed by atoms with Crippen LogP contribution >= 0.6 is 11.6 Å². The molecule has 0 unspecified atom stereocenters. The van der Waals surface area contributed by atoms with E-state index in [1.54, 1.807) is 12.1 Å². The van der Waals surface area contributed by atoms with Crippen molar-refractivity contribution in [2.24, 2.45) is 0 Å².